The summed E-state index contributed by atoms with van der Waals surface area (Å²) in [6, 6.07) is 2.05. The van der Waals surface area contributed by atoms with Gasteiger partial charge in [-0.25, -0.2) is 0 Å². The van der Waals surface area contributed by atoms with Gasteiger partial charge in [0.25, 0.3) is 0 Å². The quantitative estimate of drug-likeness (QED) is 0.571. The average molecular weight is 215 g/mol. The van der Waals surface area contributed by atoms with Crippen LogP contribution in [-0.4, -0.2) is 24.4 Å². The van der Waals surface area contributed by atoms with Crippen LogP contribution in [0.2, 0.25) is 0 Å². The molecule has 0 bridgehead atoms. The zero-order chi connectivity index (χ0) is 11.4. The van der Waals surface area contributed by atoms with Crippen molar-refractivity contribution in [1.29, 1.82) is 0 Å². The normalized spacial score (nSPS) is 11.8. The van der Waals surface area contributed by atoms with E-state index in [-0.39, 0.29) is 0 Å². The van der Waals surface area contributed by atoms with Crippen LogP contribution in [0.25, 0.3) is 16.7 Å². The van der Waals surface area contributed by atoms with Gasteiger partial charge < -0.3 is 0 Å². The Hall–Kier alpha value is -1.91. The number of hydrogen-bond acceptors (Lipinski definition) is 3. The smallest absolute Gasteiger partial charge is 0.162 e. The Morgan fingerprint density at radius 3 is 2.62 bits per heavy atom. The lowest BCUT2D eigenvalue weighted by Gasteiger charge is -2.03. The lowest BCUT2D eigenvalue weighted by atomic mass is 10.1. The second kappa shape index (κ2) is 2.81. The Kier molecular flexibility index (Phi) is 1.64. The van der Waals surface area contributed by atoms with E-state index in [2.05, 4.69) is 28.3 Å². The molecule has 0 aliphatic carbocycles. The summed E-state index contributed by atoms with van der Waals surface area (Å²) < 4.78 is 3.93. The molecule has 0 saturated heterocycles. The van der Waals surface area contributed by atoms with Crippen LogP contribution >= 0.6 is 0 Å². The van der Waals surface area contributed by atoms with Crippen molar-refractivity contribution in [2.24, 2.45) is 7.05 Å². The van der Waals surface area contributed by atoms with Crippen molar-refractivity contribution >= 4 is 16.7 Å². The summed E-state index contributed by atoms with van der Waals surface area (Å²) >= 11 is 0. The summed E-state index contributed by atoms with van der Waals surface area (Å²) in [5, 5.41) is 13.9. The van der Waals surface area contributed by atoms with Gasteiger partial charge in [-0.2, -0.15) is 5.10 Å². The third kappa shape index (κ3) is 0.973. The SMILES string of the molecule is Cc1cc2nnc(C)n2c2c1c(C)nn2C. The summed E-state index contributed by atoms with van der Waals surface area (Å²) in [6.07, 6.45) is 0. The van der Waals surface area contributed by atoms with Crippen LogP contribution in [0.5, 0.6) is 0 Å². The molecule has 0 aliphatic rings. The van der Waals surface area contributed by atoms with Crippen molar-refractivity contribution in [3.8, 4) is 0 Å². The first kappa shape index (κ1) is 9.33. The standard InChI is InChI=1S/C11H13N5/c1-6-5-9-13-12-8(3)16(9)11-10(6)7(2)14-15(11)4/h5H,1-4H3. The zero-order valence-electron chi connectivity index (χ0n) is 9.81. The predicted molar refractivity (Wildman–Crippen MR) is 61.5 cm³/mol. The van der Waals surface area contributed by atoms with Crippen LogP contribution in [0.4, 0.5) is 0 Å². The van der Waals surface area contributed by atoms with E-state index < -0.39 is 0 Å². The molecule has 82 valence electrons. The molecule has 3 heterocycles. The molecule has 3 aromatic heterocycles. The number of fused-ring (bicyclic) bond motifs is 3. The van der Waals surface area contributed by atoms with Crippen molar-refractivity contribution in [2.75, 3.05) is 0 Å². The van der Waals surface area contributed by atoms with Gasteiger partial charge in [0.15, 0.2) is 5.65 Å². The summed E-state index contributed by atoms with van der Waals surface area (Å²) in [7, 11) is 1.95. The molecule has 5 nitrogen and oxygen atoms in total. The van der Waals surface area contributed by atoms with Gasteiger partial charge in [-0.15, -0.1) is 10.2 Å². The zero-order valence-corrected chi connectivity index (χ0v) is 9.81. The molecular formula is C11H13N5. The molecule has 0 fully saturated rings. The topological polar surface area (TPSA) is 48.0 Å². The molecule has 3 rings (SSSR count). The van der Waals surface area contributed by atoms with E-state index in [9.17, 15) is 0 Å². The molecule has 0 amide bonds. The van der Waals surface area contributed by atoms with Gasteiger partial charge in [0.1, 0.15) is 11.5 Å². The van der Waals surface area contributed by atoms with Crippen molar-refractivity contribution in [1.82, 2.24) is 24.4 Å². The number of rotatable bonds is 0. The van der Waals surface area contributed by atoms with E-state index >= 15 is 0 Å². The highest BCUT2D eigenvalue weighted by atomic mass is 15.3. The minimum Gasteiger partial charge on any atom is -0.263 e. The van der Waals surface area contributed by atoms with Gasteiger partial charge >= 0.3 is 0 Å². The fraction of sp³-hybridized carbons (Fsp3) is 0.364. The maximum Gasteiger partial charge on any atom is 0.162 e. The molecule has 0 aliphatic heterocycles. The molecule has 0 atom stereocenters. The number of pyridine rings is 1. The summed E-state index contributed by atoms with van der Waals surface area (Å²) in [4.78, 5) is 0. The van der Waals surface area contributed by atoms with E-state index in [1.165, 1.54) is 10.9 Å². The highest BCUT2D eigenvalue weighted by Gasteiger charge is 2.14. The molecule has 0 unspecified atom stereocenters. The lowest BCUT2D eigenvalue weighted by Crippen LogP contribution is -1.99. The highest BCUT2D eigenvalue weighted by Crippen LogP contribution is 2.23. The number of hydrogen-bond donors (Lipinski definition) is 0. The number of nitrogens with zero attached hydrogens (tertiary/aromatic N) is 5. The highest BCUT2D eigenvalue weighted by molar-refractivity contribution is 5.85. The Balaban J connectivity index is 2.72. The van der Waals surface area contributed by atoms with E-state index in [1.807, 2.05) is 30.0 Å². The van der Waals surface area contributed by atoms with Crippen LogP contribution in [0.1, 0.15) is 17.1 Å². The minimum atomic E-state index is 0.880. The fourth-order valence-corrected chi connectivity index (χ4v) is 2.36. The maximum absolute atomic E-state index is 4.46. The van der Waals surface area contributed by atoms with Crippen molar-refractivity contribution in [2.45, 2.75) is 20.8 Å². The van der Waals surface area contributed by atoms with Crippen LogP contribution in [0, 0.1) is 20.8 Å². The largest absolute Gasteiger partial charge is 0.263 e. The molecule has 0 spiro atoms. The fourth-order valence-electron chi connectivity index (χ4n) is 2.36. The monoisotopic (exact) mass is 215 g/mol. The Morgan fingerprint density at radius 2 is 1.88 bits per heavy atom. The molecule has 0 radical (unpaired) electrons. The van der Waals surface area contributed by atoms with Gasteiger partial charge in [0, 0.05) is 12.4 Å². The predicted octanol–water partition coefficient (Wildman–Crippen LogP) is 1.54. The van der Waals surface area contributed by atoms with Gasteiger partial charge in [0.2, 0.25) is 0 Å². The summed E-state index contributed by atoms with van der Waals surface area (Å²) in [5.41, 5.74) is 4.19. The van der Waals surface area contributed by atoms with Gasteiger partial charge in [-0.3, -0.25) is 9.08 Å². The van der Waals surface area contributed by atoms with Crippen molar-refractivity contribution in [3.63, 3.8) is 0 Å². The first-order valence-corrected chi connectivity index (χ1v) is 5.24. The summed E-state index contributed by atoms with van der Waals surface area (Å²) in [6.45, 7) is 6.07. The maximum atomic E-state index is 4.46. The minimum absolute atomic E-state index is 0.880. The Morgan fingerprint density at radius 1 is 1.12 bits per heavy atom. The van der Waals surface area contributed by atoms with E-state index in [4.69, 9.17) is 0 Å². The van der Waals surface area contributed by atoms with E-state index in [0.29, 0.717) is 0 Å². The van der Waals surface area contributed by atoms with Crippen molar-refractivity contribution in [3.05, 3.63) is 23.1 Å². The molecule has 3 aromatic rings. The number of aromatic nitrogens is 5. The Bertz CT molecular complexity index is 704. The number of aryl methyl sites for hydroxylation is 4. The molecule has 0 aromatic carbocycles. The van der Waals surface area contributed by atoms with E-state index in [0.717, 1.165) is 22.8 Å². The van der Waals surface area contributed by atoms with Gasteiger partial charge in [-0.05, 0) is 32.4 Å². The second-order valence-corrected chi connectivity index (χ2v) is 4.18. The van der Waals surface area contributed by atoms with Crippen molar-refractivity contribution < 1.29 is 0 Å². The van der Waals surface area contributed by atoms with E-state index in [1.54, 1.807) is 0 Å². The summed E-state index contributed by atoms with van der Waals surface area (Å²) in [5.74, 6) is 0.892. The molecule has 0 N–H and O–H groups in total. The molecule has 5 heteroatoms. The lowest BCUT2D eigenvalue weighted by molar-refractivity contribution is 0.766. The van der Waals surface area contributed by atoms with Crippen LogP contribution in [0.3, 0.4) is 0 Å². The van der Waals surface area contributed by atoms with Gasteiger partial charge in [-0.1, -0.05) is 0 Å². The second-order valence-electron chi connectivity index (χ2n) is 4.18. The first-order chi connectivity index (χ1) is 7.59. The van der Waals surface area contributed by atoms with Crippen LogP contribution in [-0.2, 0) is 7.05 Å². The molecular weight excluding hydrogens is 202 g/mol. The van der Waals surface area contributed by atoms with Gasteiger partial charge in [0.05, 0.1) is 5.69 Å². The first-order valence-electron chi connectivity index (χ1n) is 5.24. The molecule has 0 saturated carbocycles. The van der Waals surface area contributed by atoms with Crippen LogP contribution < -0.4 is 0 Å². The van der Waals surface area contributed by atoms with Crippen LogP contribution in [0.15, 0.2) is 6.07 Å². The third-order valence-electron chi connectivity index (χ3n) is 2.99. The Labute approximate surface area is 92.7 Å². The average Bonchev–Trinajstić information content (AvgIpc) is 2.70. The third-order valence-corrected chi connectivity index (χ3v) is 2.99. The molecule has 16 heavy (non-hydrogen) atoms.